The summed E-state index contributed by atoms with van der Waals surface area (Å²) in [4.78, 5) is 37.2. The molecule has 3 aromatic rings. The van der Waals surface area contributed by atoms with Crippen molar-refractivity contribution in [3.8, 4) is 0 Å². The van der Waals surface area contributed by atoms with Crippen molar-refractivity contribution in [2.75, 3.05) is 10.6 Å². The number of carbonyl (C=O) groups excluding carboxylic acids is 2. The Hall–Kier alpha value is -3.00. The van der Waals surface area contributed by atoms with Gasteiger partial charge in [-0.15, -0.1) is 11.8 Å². The number of anilines is 2. The number of hydrogen-bond donors (Lipinski definition) is 3. The van der Waals surface area contributed by atoms with Crippen LogP contribution in [-0.4, -0.2) is 28.1 Å². The molecule has 0 spiro atoms. The molecule has 6 nitrogen and oxygen atoms in total. The fourth-order valence-electron chi connectivity index (χ4n) is 2.81. The molecule has 0 aliphatic rings. The van der Waals surface area contributed by atoms with Crippen molar-refractivity contribution >= 4 is 64.1 Å². The maximum absolute atomic E-state index is 12.6. The molecule has 164 valence electrons. The Labute approximate surface area is 198 Å². The maximum atomic E-state index is 12.6. The highest BCUT2D eigenvalue weighted by Crippen LogP contribution is 2.31. The van der Waals surface area contributed by atoms with Gasteiger partial charge in [0.15, 0.2) is 0 Å². The summed E-state index contributed by atoms with van der Waals surface area (Å²) in [6.07, 6.45) is 0. The number of aromatic carboxylic acids is 1. The first-order chi connectivity index (χ1) is 15.3. The number of thioether (sulfide) groups is 1. The molecule has 0 saturated heterocycles. The van der Waals surface area contributed by atoms with Crippen LogP contribution in [0.25, 0.3) is 0 Å². The molecular formula is C23H18Cl2N2O4S. The highest BCUT2D eigenvalue weighted by Gasteiger charge is 2.18. The van der Waals surface area contributed by atoms with Crippen LogP contribution >= 0.6 is 35.0 Å². The van der Waals surface area contributed by atoms with E-state index < -0.39 is 17.1 Å². The largest absolute Gasteiger partial charge is 0.478 e. The fraction of sp³-hybridized carbons (Fsp3) is 0.0870. The number of carbonyl (C=O) groups is 3. The van der Waals surface area contributed by atoms with E-state index in [1.807, 2.05) is 6.07 Å². The van der Waals surface area contributed by atoms with E-state index in [-0.39, 0.29) is 22.1 Å². The minimum atomic E-state index is -1.18. The minimum absolute atomic E-state index is 0.0594. The Morgan fingerprint density at radius 1 is 0.906 bits per heavy atom. The van der Waals surface area contributed by atoms with Crippen molar-refractivity contribution in [2.24, 2.45) is 0 Å². The van der Waals surface area contributed by atoms with Crippen molar-refractivity contribution in [3.05, 3.63) is 87.9 Å². The van der Waals surface area contributed by atoms with Gasteiger partial charge in [-0.05, 0) is 49.4 Å². The average Bonchev–Trinajstić information content (AvgIpc) is 2.77. The number of nitrogens with one attached hydrogen (secondary N) is 2. The van der Waals surface area contributed by atoms with E-state index in [1.165, 1.54) is 23.9 Å². The number of carboxylic acids is 1. The lowest BCUT2D eigenvalue weighted by Crippen LogP contribution is -2.22. The van der Waals surface area contributed by atoms with Crippen LogP contribution in [0, 0.1) is 0 Å². The van der Waals surface area contributed by atoms with Gasteiger partial charge in [-0.3, -0.25) is 9.59 Å². The van der Waals surface area contributed by atoms with Gasteiger partial charge in [0.2, 0.25) is 5.91 Å². The second-order valence-electron chi connectivity index (χ2n) is 6.68. The van der Waals surface area contributed by atoms with Gasteiger partial charge in [0.05, 0.1) is 32.1 Å². The Balaban J connectivity index is 1.68. The molecule has 3 aromatic carbocycles. The van der Waals surface area contributed by atoms with Crippen molar-refractivity contribution in [1.82, 2.24) is 0 Å². The Morgan fingerprint density at radius 2 is 1.59 bits per heavy atom. The van der Waals surface area contributed by atoms with Crippen LogP contribution in [0.3, 0.4) is 0 Å². The number of carboxylic acid groups (broad SMARTS) is 1. The monoisotopic (exact) mass is 488 g/mol. The summed E-state index contributed by atoms with van der Waals surface area (Å²) in [5, 5.41) is 14.9. The van der Waals surface area contributed by atoms with Gasteiger partial charge < -0.3 is 15.7 Å². The maximum Gasteiger partial charge on any atom is 0.336 e. The standard InChI is InChI=1S/C23H18Cl2N2O4S/c1-13(21(28)27-19-11-5-10-18(24)20(19)25)32-15-7-4-6-14(12-15)26-22(29)16-8-2-3-9-17(16)23(30)31/h2-13H,1H3,(H,26,29)(H,27,28)(H,30,31). The van der Waals surface area contributed by atoms with E-state index >= 15 is 0 Å². The molecule has 0 aliphatic heterocycles. The number of hydrogen-bond acceptors (Lipinski definition) is 4. The Bertz CT molecular complexity index is 1190. The zero-order valence-electron chi connectivity index (χ0n) is 16.8. The van der Waals surface area contributed by atoms with Crippen molar-refractivity contribution < 1.29 is 19.5 Å². The Kier molecular flexibility index (Phi) is 7.80. The first kappa shape index (κ1) is 23.7. The minimum Gasteiger partial charge on any atom is -0.478 e. The summed E-state index contributed by atoms with van der Waals surface area (Å²) >= 11 is 13.4. The molecule has 32 heavy (non-hydrogen) atoms. The van der Waals surface area contributed by atoms with E-state index in [2.05, 4.69) is 10.6 Å². The molecule has 9 heteroatoms. The van der Waals surface area contributed by atoms with Crippen LogP contribution in [0.5, 0.6) is 0 Å². The van der Waals surface area contributed by atoms with Crippen LogP contribution in [0.15, 0.2) is 71.6 Å². The lowest BCUT2D eigenvalue weighted by atomic mass is 10.1. The summed E-state index contributed by atoms with van der Waals surface area (Å²) in [5.41, 5.74) is 0.880. The van der Waals surface area contributed by atoms with Gasteiger partial charge in [-0.25, -0.2) is 4.79 Å². The van der Waals surface area contributed by atoms with Gasteiger partial charge in [0.1, 0.15) is 0 Å². The van der Waals surface area contributed by atoms with Gasteiger partial charge in [0.25, 0.3) is 5.91 Å². The predicted octanol–water partition coefficient (Wildman–Crippen LogP) is 6.06. The second-order valence-corrected chi connectivity index (χ2v) is 8.88. The zero-order valence-corrected chi connectivity index (χ0v) is 19.1. The molecule has 3 rings (SSSR count). The second kappa shape index (κ2) is 10.5. The number of benzene rings is 3. The van der Waals surface area contributed by atoms with Gasteiger partial charge in [-0.1, -0.05) is 47.5 Å². The van der Waals surface area contributed by atoms with Crippen LogP contribution in [0.1, 0.15) is 27.6 Å². The molecule has 2 amide bonds. The lowest BCUT2D eigenvalue weighted by molar-refractivity contribution is -0.115. The Morgan fingerprint density at radius 3 is 2.31 bits per heavy atom. The third-order valence-corrected chi connectivity index (χ3v) is 6.30. The molecule has 0 heterocycles. The third-order valence-electron chi connectivity index (χ3n) is 4.39. The van der Waals surface area contributed by atoms with Gasteiger partial charge in [-0.2, -0.15) is 0 Å². The van der Waals surface area contributed by atoms with Crippen molar-refractivity contribution in [2.45, 2.75) is 17.1 Å². The smallest absolute Gasteiger partial charge is 0.336 e. The summed E-state index contributed by atoms with van der Waals surface area (Å²) in [7, 11) is 0. The third kappa shape index (κ3) is 5.82. The highest BCUT2D eigenvalue weighted by atomic mass is 35.5. The van der Waals surface area contributed by atoms with E-state index in [1.54, 1.807) is 55.5 Å². The molecular weight excluding hydrogens is 471 g/mol. The fourth-order valence-corrected chi connectivity index (χ4v) is 4.08. The van der Waals surface area contributed by atoms with Crippen LogP contribution in [-0.2, 0) is 4.79 Å². The van der Waals surface area contributed by atoms with E-state index in [0.29, 0.717) is 16.4 Å². The van der Waals surface area contributed by atoms with Crippen LogP contribution < -0.4 is 10.6 Å². The summed E-state index contributed by atoms with van der Waals surface area (Å²) in [6, 6.07) is 17.9. The van der Waals surface area contributed by atoms with Gasteiger partial charge in [0, 0.05) is 10.6 Å². The molecule has 1 unspecified atom stereocenters. The van der Waals surface area contributed by atoms with Crippen molar-refractivity contribution in [3.63, 3.8) is 0 Å². The molecule has 0 aliphatic carbocycles. The summed E-state index contributed by atoms with van der Waals surface area (Å²) < 4.78 is 0. The molecule has 0 radical (unpaired) electrons. The number of amides is 2. The molecule has 0 saturated carbocycles. The lowest BCUT2D eigenvalue weighted by Gasteiger charge is -2.14. The number of rotatable bonds is 7. The van der Waals surface area contributed by atoms with Crippen LogP contribution in [0.4, 0.5) is 11.4 Å². The van der Waals surface area contributed by atoms with E-state index in [4.69, 9.17) is 23.2 Å². The first-order valence-electron chi connectivity index (χ1n) is 9.41. The highest BCUT2D eigenvalue weighted by molar-refractivity contribution is 8.00. The van der Waals surface area contributed by atoms with E-state index in [9.17, 15) is 19.5 Å². The summed E-state index contributed by atoms with van der Waals surface area (Å²) in [5.74, 6) is -1.98. The predicted molar refractivity (Wildman–Crippen MR) is 128 cm³/mol. The zero-order chi connectivity index (χ0) is 23.3. The summed E-state index contributed by atoms with van der Waals surface area (Å²) in [6.45, 7) is 1.74. The average molecular weight is 489 g/mol. The molecule has 1 atom stereocenters. The number of halogens is 2. The topological polar surface area (TPSA) is 95.5 Å². The SMILES string of the molecule is CC(Sc1cccc(NC(=O)c2ccccc2C(=O)O)c1)C(=O)Nc1cccc(Cl)c1Cl. The van der Waals surface area contributed by atoms with E-state index in [0.717, 1.165) is 4.90 Å². The normalized spacial score (nSPS) is 11.5. The molecule has 0 bridgehead atoms. The van der Waals surface area contributed by atoms with Crippen LogP contribution in [0.2, 0.25) is 10.0 Å². The quantitative estimate of drug-likeness (QED) is 0.351. The first-order valence-corrected chi connectivity index (χ1v) is 11.0. The molecule has 0 aromatic heterocycles. The molecule has 3 N–H and O–H groups in total. The molecule has 0 fully saturated rings. The van der Waals surface area contributed by atoms with Crippen molar-refractivity contribution in [1.29, 1.82) is 0 Å². The van der Waals surface area contributed by atoms with Gasteiger partial charge >= 0.3 is 5.97 Å².